The fourth-order valence-corrected chi connectivity index (χ4v) is 3.52. The number of fused-ring (bicyclic) bond motifs is 1. The van der Waals surface area contributed by atoms with Crippen molar-refractivity contribution >= 4 is 22.7 Å². The van der Waals surface area contributed by atoms with Crippen LogP contribution in [0, 0.1) is 0 Å². The molecule has 0 amide bonds. The van der Waals surface area contributed by atoms with E-state index < -0.39 is 11.7 Å². The second kappa shape index (κ2) is 7.75. The molecule has 140 valence electrons. The van der Waals surface area contributed by atoms with Crippen molar-refractivity contribution in [3.05, 3.63) is 94.5 Å². The molecule has 0 radical (unpaired) electrons. The van der Waals surface area contributed by atoms with E-state index in [4.69, 9.17) is 11.6 Å². The maximum Gasteiger partial charge on any atom is 0.416 e. The van der Waals surface area contributed by atoms with Gasteiger partial charge in [-0.1, -0.05) is 48.5 Å². The molecule has 1 aliphatic carbocycles. The number of nitrogens with one attached hydrogen (secondary N) is 1. The summed E-state index contributed by atoms with van der Waals surface area (Å²) in [4.78, 5) is 0. The third-order valence-electron chi connectivity index (χ3n) is 4.56. The average molecular weight is 390 g/mol. The van der Waals surface area contributed by atoms with Gasteiger partial charge in [-0.15, -0.1) is 6.58 Å². The molecule has 0 aromatic heterocycles. The molecule has 0 atom stereocenters. The Balaban J connectivity index is 2.04. The normalized spacial score (nSPS) is 13.9. The molecule has 5 heteroatoms. The Morgan fingerprint density at radius 1 is 1.15 bits per heavy atom. The molecule has 0 aliphatic heterocycles. The number of benzene rings is 2. The predicted octanol–water partition coefficient (Wildman–Crippen LogP) is 6.29. The van der Waals surface area contributed by atoms with E-state index >= 15 is 0 Å². The molecular formula is C22H19ClF3N. The first-order chi connectivity index (χ1) is 12.8. The van der Waals surface area contributed by atoms with Crippen LogP contribution in [0.3, 0.4) is 0 Å². The van der Waals surface area contributed by atoms with Gasteiger partial charge in [-0.25, -0.2) is 0 Å². The van der Waals surface area contributed by atoms with Gasteiger partial charge in [-0.05, 0) is 51.6 Å². The average Bonchev–Trinajstić information content (AvgIpc) is 2.62. The van der Waals surface area contributed by atoms with Gasteiger partial charge in [0.2, 0.25) is 0 Å². The third-order valence-corrected chi connectivity index (χ3v) is 4.92. The number of hydrogen-bond acceptors (Lipinski definition) is 1. The summed E-state index contributed by atoms with van der Waals surface area (Å²) in [7, 11) is 0. The molecule has 0 unspecified atom stereocenters. The molecule has 1 nitrogen and oxygen atoms in total. The highest BCUT2D eigenvalue weighted by Gasteiger charge is 2.31. The SMILES string of the molecule is C=CCNCc1cc(C(F)(F)F)ccc1C1=CC(=C)c2cccc(Cl)c2C1. The maximum atomic E-state index is 13.2. The fourth-order valence-electron chi connectivity index (χ4n) is 3.28. The van der Waals surface area contributed by atoms with Crippen molar-refractivity contribution in [3.63, 3.8) is 0 Å². The summed E-state index contributed by atoms with van der Waals surface area (Å²) < 4.78 is 39.5. The first-order valence-corrected chi connectivity index (χ1v) is 8.88. The van der Waals surface area contributed by atoms with Gasteiger partial charge >= 0.3 is 6.18 Å². The summed E-state index contributed by atoms with van der Waals surface area (Å²) >= 11 is 6.35. The van der Waals surface area contributed by atoms with Crippen molar-refractivity contribution < 1.29 is 13.2 Å². The zero-order valence-electron chi connectivity index (χ0n) is 14.7. The molecule has 1 N–H and O–H groups in total. The van der Waals surface area contributed by atoms with E-state index in [-0.39, 0.29) is 0 Å². The van der Waals surface area contributed by atoms with Crippen LogP contribution in [-0.4, -0.2) is 6.54 Å². The molecule has 2 aromatic rings. The lowest BCUT2D eigenvalue weighted by Gasteiger charge is -2.23. The van der Waals surface area contributed by atoms with Gasteiger partial charge in [0.1, 0.15) is 0 Å². The second-order valence-electron chi connectivity index (χ2n) is 6.43. The molecule has 0 fully saturated rings. The molecule has 0 spiro atoms. The van der Waals surface area contributed by atoms with Crippen LogP contribution < -0.4 is 5.32 Å². The highest BCUT2D eigenvalue weighted by Crippen LogP contribution is 2.39. The van der Waals surface area contributed by atoms with Gasteiger partial charge in [0.05, 0.1) is 5.56 Å². The summed E-state index contributed by atoms with van der Waals surface area (Å²) in [6, 6.07) is 9.50. The summed E-state index contributed by atoms with van der Waals surface area (Å²) in [5.41, 5.74) is 4.34. The quantitative estimate of drug-likeness (QED) is 0.468. The van der Waals surface area contributed by atoms with Gasteiger partial charge in [-0.3, -0.25) is 0 Å². The number of halogens is 4. The van der Waals surface area contributed by atoms with Gasteiger partial charge in [0.15, 0.2) is 0 Å². The van der Waals surface area contributed by atoms with Crippen LogP contribution >= 0.6 is 11.6 Å². The van der Waals surface area contributed by atoms with Crippen molar-refractivity contribution in [2.45, 2.75) is 19.1 Å². The Bertz CT molecular complexity index is 926. The van der Waals surface area contributed by atoms with Gasteiger partial charge in [0.25, 0.3) is 0 Å². The van der Waals surface area contributed by atoms with E-state index in [0.29, 0.717) is 30.1 Å². The van der Waals surface area contributed by atoms with E-state index in [1.807, 2.05) is 24.3 Å². The smallest absolute Gasteiger partial charge is 0.309 e. The largest absolute Gasteiger partial charge is 0.416 e. The standard InChI is InChI=1S/C22H19ClF3N/c1-3-9-27-13-16-11-17(22(24,25)26)7-8-19(16)15-10-14(2)18-5-4-6-21(23)20(18)12-15/h3-8,10-11,27H,1-2,9,12-13H2. The number of hydrogen-bond donors (Lipinski definition) is 1. The van der Waals surface area contributed by atoms with Crippen molar-refractivity contribution in [2.75, 3.05) is 6.54 Å². The first kappa shape index (κ1) is 19.5. The number of alkyl halides is 3. The van der Waals surface area contributed by atoms with Crippen LogP contribution in [0.1, 0.15) is 27.8 Å². The Morgan fingerprint density at radius 2 is 1.93 bits per heavy atom. The highest BCUT2D eigenvalue weighted by molar-refractivity contribution is 6.31. The minimum absolute atomic E-state index is 0.310. The van der Waals surface area contributed by atoms with Crippen LogP contribution in [0.15, 0.2) is 61.7 Å². The van der Waals surface area contributed by atoms with E-state index in [1.165, 1.54) is 12.1 Å². The molecule has 2 aromatic carbocycles. The fraction of sp³-hybridized carbons (Fsp3) is 0.182. The topological polar surface area (TPSA) is 12.0 Å². The minimum Gasteiger partial charge on any atom is -0.309 e. The number of allylic oxidation sites excluding steroid dienone is 3. The van der Waals surface area contributed by atoms with E-state index in [9.17, 15) is 13.2 Å². The Hall–Kier alpha value is -2.30. The predicted molar refractivity (Wildman–Crippen MR) is 106 cm³/mol. The molecule has 0 heterocycles. The van der Waals surface area contributed by atoms with E-state index in [1.54, 1.807) is 6.08 Å². The Labute approximate surface area is 161 Å². The molecule has 3 rings (SSSR count). The molecule has 0 bridgehead atoms. The second-order valence-corrected chi connectivity index (χ2v) is 6.83. The first-order valence-electron chi connectivity index (χ1n) is 8.50. The molecule has 27 heavy (non-hydrogen) atoms. The highest BCUT2D eigenvalue weighted by atomic mass is 35.5. The summed E-state index contributed by atoms with van der Waals surface area (Å²) in [6.45, 7) is 8.54. The lowest BCUT2D eigenvalue weighted by molar-refractivity contribution is -0.137. The van der Waals surface area contributed by atoms with Crippen LogP contribution in [0.4, 0.5) is 13.2 Å². The summed E-state index contributed by atoms with van der Waals surface area (Å²) in [6.07, 6.45) is -0.233. The summed E-state index contributed by atoms with van der Waals surface area (Å²) in [5.74, 6) is 0. The Kier molecular flexibility index (Phi) is 5.59. The van der Waals surface area contributed by atoms with Crippen molar-refractivity contribution in [1.29, 1.82) is 0 Å². The molecule has 1 aliphatic rings. The lowest BCUT2D eigenvalue weighted by atomic mass is 9.84. The maximum absolute atomic E-state index is 13.2. The minimum atomic E-state index is -4.38. The van der Waals surface area contributed by atoms with E-state index in [0.717, 1.165) is 33.9 Å². The number of rotatable bonds is 5. The van der Waals surface area contributed by atoms with Crippen LogP contribution in [0.25, 0.3) is 11.1 Å². The van der Waals surface area contributed by atoms with Crippen LogP contribution in [0.2, 0.25) is 5.02 Å². The van der Waals surface area contributed by atoms with Gasteiger partial charge in [0, 0.05) is 24.5 Å². The van der Waals surface area contributed by atoms with Crippen molar-refractivity contribution in [2.24, 2.45) is 0 Å². The van der Waals surface area contributed by atoms with E-state index in [2.05, 4.69) is 18.5 Å². The zero-order chi connectivity index (χ0) is 19.6. The monoisotopic (exact) mass is 389 g/mol. The third kappa shape index (κ3) is 4.18. The van der Waals surface area contributed by atoms with Crippen LogP contribution in [0.5, 0.6) is 0 Å². The van der Waals surface area contributed by atoms with Crippen molar-refractivity contribution in [3.8, 4) is 0 Å². The zero-order valence-corrected chi connectivity index (χ0v) is 15.4. The van der Waals surface area contributed by atoms with Gasteiger partial charge < -0.3 is 5.32 Å². The Morgan fingerprint density at radius 3 is 2.63 bits per heavy atom. The molecule has 0 saturated carbocycles. The lowest BCUT2D eigenvalue weighted by Crippen LogP contribution is -2.16. The van der Waals surface area contributed by atoms with Crippen molar-refractivity contribution in [1.82, 2.24) is 5.32 Å². The molecule has 0 saturated heterocycles. The molecular weight excluding hydrogens is 371 g/mol. The van der Waals surface area contributed by atoms with Crippen LogP contribution in [-0.2, 0) is 19.1 Å². The van der Waals surface area contributed by atoms with Gasteiger partial charge in [-0.2, -0.15) is 13.2 Å². The summed E-state index contributed by atoms with van der Waals surface area (Å²) in [5, 5.41) is 3.73.